The summed E-state index contributed by atoms with van der Waals surface area (Å²) in [5.74, 6) is 0.124. The predicted molar refractivity (Wildman–Crippen MR) is 112 cm³/mol. The van der Waals surface area contributed by atoms with Crippen molar-refractivity contribution in [1.29, 1.82) is 0 Å². The van der Waals surface area contributed by atoms with Crippen LogP contribution in [0.3, 0.4) is 0 Å². The van der Waals surface area contributed by atoms with E-state index in [1.54, 1.807) is 19.9 Å². The van der Waals surface area contributed by atoms with Crippen LogP contribution in [0.1, 0.15) is 42.3 Å². The van der Waals surface area contributed by atoms with Gasteiger partial charge in [0.1, 0.15) is 5.75 Å². The maximum absolute atomic E-state index is 12.8. The normalized spacial score (nSPS) is 11.5. The van der Waals surface area contributed by atoms with Gasteiger partial charge in [0, 0.05) is 18.7 Å². The molecule has 0 unspecified atom stereocenters. The lowest BCUT2D eigenvalue weighted by molar-refractivity contribution is 0.102. The van der Waals surface area contributed by atoms with Crippen LogP contribution in [-0.4, -0.2) is 38.3 Å². The van der Waals surface area contributed by atoms with Gasteiger partial charge in [-0.3, -0.25) is 4.79 Å². The number of benzene rings is 2. The standard InChI is InChI=1S/C21H28N2O4S/c1-6-23(7-2)28(25,26)17-11-12-20(27-8-3)19(14-17)22-21(24)18-13-15(4)9-10-16(18)5/h9-14H,6-8H2,1-5H3,(H,22,24). The summed E-state index contributed by atoms with van der Waals surface area (Å²) in [6, 6.07) is 10.2. The molecule has 0 aliphatic rings. The molecule has 6 nitrogen and oxygen atoms in total. The minimum Gasteiger partial charge on any atom is -0.492 e. The van der Waals surface area contributed by atoms with E-state index in [9.17, 15) is 13.2 Å². The zero-order valence-electron chi connectivity index (χ0n) is 17.1. The van der Waals surface area contributed by atoms with Gasteiger partial charge in [-0.2, -0.15) is 4.31 Å². The first-order chi connectivity index (χ1) is 13.2. The van der Waals surface area contributed by atoms with Crippen LogP contribution in [0.4, 0.5) is 5.69 Å². The number of hydrogen-bond donors (Lipinski definition) is 1. The predicted octanol–water partition coefficient (Wildman–Crippen LogP) is 3.98. The van der Waals surface area contributed by atoms with E-state index in [0.29, 0.717) is 36.7 Å². The van der Waals surface area contributed by atoms with Gasteiger partial charge >= 0.3 is 0 Å². The van der Waals surface area contributed by atoms with E-state index in [-0.39, 0.29) is 10.8 Å². The molecule has 0 bridgehead atoms. The topological polar surface area (TPSA) is 75.7 Å². The first-order valence-corrected chi connectivity index (χ1v) is 10.8. The lowest BCUT2D eigenvalue weighted by Gasteiger charge is -2.20. The molecule has 1 amide bonds. The molecular formula is C21H28N2O4S. The maximum Gasteiger partial charge on any atom is 0.256 e. The van der Waals surface area contributed by atoms with Gasteiger partial charge in [0.15, 0.2) is 0 Å². The van der Waals surface area contributed by atoms with Crippen molar-refractivity contribution in [2.75, 3.05) is 25.0 Å². The number of nitrogens with one attached hydrogen (secondary N) is 1. The molecule has 0 saturated carbocycles. The van der Waals surface area contributed by atoms with Crippen molar-refractivity contribution in [3.8, 4) is 5.75 Å². The van der Waals surface area contributed by atoms with Crippen LogP contribution >= 0.6 is 0 Å². The van der Waals surface area contributed by atoms with E-state index < -0.39 is 10.0 Å². The number of nitrogens with zero attached hydrogens (tertiary/aromatic N) is 1. The van der Waals surface area contributed by atoms with E-state index in [2.05, 4.69) is 5.32 Å². The third kappa shape index (κ3) is 4.72. The van der Waals surface area contributed by atoms with Gasteiger partial charge in [0.05, 0.1) is 17.2 Å². The lowest BCUT2D eigenvalue weighted by atomic mass is 10.0. The number of carbonyl (C=O) groups excluding carboxylic acids is 1. The van der Waals surface area contributed by atoms with Crippen molar-refractivity contribution < 1.29 is 17.9 Å². The van der Waals surface area contributed by atoms with E-state index >= 15 is 0 Å². The van der Waals surface area contributed by atoms with Crippen LogP contribution in [-0.2, 0) is 10.0 Å². The molecule has 0 atom stereocenters. The molecule has 0 aromatic heterocycles. The Balaban J connectivity index is 2.46. The van der Waals surface area contributed by atoms with E-state index in [4.69, 9.17) is 4.74 Å². The van der Waals surface area contributed by atoms with Gasteiger partial charge < -0.3 is 10.1 Å². The molecule has 1 N–H and O–H groups in total. The summed E-state index contributed by atoms with van der Waals surface area (Å²) in [6.07, 6.45) is 0. The molecule has 7 heteroatoms. The summed E-state index contributed by atoms with van der Waals surface area (Å²) >= 11 is 0. The number of ether oxygens (including phenoxy) is 1. The van der Waals surface area contributed by atoms with Crippen molar-refractivity contribution in [3.05, 3.63) is 53.1 Å². The number of amides is 1. The third-order valence-electron chi connectivity index (χ3n) is 4.48. The Kier molecular flexibility index (Phi) is 7.21. The molecule has 0 spiro atoms. The summed E-state index contributed by atoms with van der Waals surface area (Å²) in [5, 5.41) is 2.82. The Bertz CT molecular complexity index is 951. The summed E-state index contributed by atoms with van der Waals surface area (Å²) in [7, 11) is -3.64. The number of sulfonamides is 1. The fraction of sp³-hybridized carbons (Fsp3) is 0.381. The highest BCUT2D eigenvalue weighted by Crippen LogP contribution is 2.30. The van der Waals surface area contributed by atoms with Crippen LogP contribution in [0.25, 0.3) is 0 Å². The van der Waals surface area contributed by atoms with Gasteiger partial charge in [0.25, 0.3) is 5.91 Å². The van der Waals surface area contributed by atoms with Gasteiger partial charge in [-0.05, 0) is 50.6 Å². The Morgan fingerprint density at radius 3 is 2.32 bits per heavy atom. The number of carbonyl (C=O) groups is 1. The van der Waals surface area contributed by atoms with Gasteiger partial charge in [-0.15, -0.1) is 0 Å². The number of anilines is 1. The van der Waals surface area contributed by atoms with Crippen molar-refractivity contribution in [2.24, 2.45) is 0 Å². The average Bonchev–Trinajstić information content (AvgIpc) is 2.65. The second-order valence-corrected chi connectivity index (χ2v) is 8.39. The zero-order chi connectivity index (χ0) is 20.9. The first kappa shape index (κ1) is 21.9. The average molecular weight is 405 g/mol. The molecule has 0 fully saturated rings. The zero-order valence-corrected chi connectivity index (χ0v) is 17.9. The van der Waals surface area contributed by atoms with Crippen LogP contribution in [0, 0.1) is 13.8 Å². The van der Waals surface area contributed by atoms with Crippen LogP contribution in [0.2, 0.25) is 0 Å². The Hall–Kier alpha value is -2.38. The highest BCUT2D eigenvalue weighted by atomic mass is 32.2. The second kappa shape index (κ2) is 9.21. The molecular weight excluding hydrogens is 376 g/mol. The summed E-state index contributed by atoms with van der Waals surface area (Å²) in [5.41, 5.74) is 2.69. The van der Waals surface area contributed by atoms with Gasteiger partial charge in [-0.1, -0.05) is 31.5 Å². The number of hydrogen-bond acceptors (Lipinski definition) is 4. The number of aryl methyl sites for hydroxylation is 2. The fourth-order valence-electron chi connectivity index (χ4n) is 2.93. The smallest absolute Gasteiger partial charge is 0.256 e. The molecule has 0 radical (unpaired) electrons. The molecule has 0 heterocycles. The molecule has 28 heavy (non-hydrogen) atoms. The lowest BCUT2D eigenvalue weighted by Crippen LogP contribution is -2.30. The molecule has 2 aromatic rings. The minimum absolute atomic E-state index is 0.121. The summed E-state index contributed by atoms with van der Waals surface area (Å²) in [6.45, 7) is 10.3. The van der Waals surface area contributed by atoms with Gasteiger partial charge in [0.2, 0.25) is 10.0 Å². The van der Waals surface area contributed by atoms with Crippen molar-refractivity contribution in [3.63, 3.8) is 0 Å². The van der Waals surface area contributed by atoms with Crippen LogP contribution < -0.4 is 10.1 Å². The summed E-state index contributed by atoms with van der Waals surface area (Å²) in [4.78, 5) is 12.9. The first-order valence-electron chi connectivity index (χ1n) is 9.40. The minimum atomic E-state index is -3.64. The Labute approximate surface area is 167 Å². The summed E-state index contributed by atoms with van der Waals surface area (Å²) < 4.78 is 32.6. The van der Waals surface area contributed by atoms with Gasteiger partial charge in [-0.25, -0.2) is 8.42 Å². The van der Waals surface area contributed by atoms with Crippen molar-refractivity contribution >= 4 is 21.6 Å². The Morgan fingerprint density at radius 2 is 1.71 bits per heavy atom. The molecule has 0 aliphatic carbocycles. The monoisotopic (exact) mass is 404 g/mol. The SMILES string of the molecule is CCOc1ccc(S(=O)(=O)N(CC)CC)cc1NC(=O)c1cc(C)ccc1C. The maximum atomic E-state index is 12.8. The largest absolute Gasteiger partial charge is 0.492 e. The van der Waals surface area contributed by atoms with E-state index in [1.807, 2.05) is 39.0 Å². The molecule has 152 valence electrons. The molecule has 0 aliphatic heterocycles. The van der Waals surface area contributed by atoms with Crippen LogP contribution in [0.5, 0.6) is 5.75 Å². The molecule has 2 aromatic carbocycles. The quantitative estimate of drug-likeness (QED) is 0.722. The van der Waals surface area contributed by atoms with E-state index in [0.717, 1.165) is 11.1 Å². The highest BCUT2D eigenvalue weighted by molar-refractivity contribution is 7.89. The van der Waals surface area contributed by atoms with E-state index in [1.165, 1.54) is 16.4 Å². The van der Waals surface area contributed by atoms with Crippen molar-refractivity contribution in [2.45, 2.75) is 39.5 Å². The molecule has 2 rings (SSSR count). The van der Waals surface area contributed by atoms with Crippen LogP contribution in [0.15, 0.2) is 41.3 Å². The molecule has 0 saturated heterocycles. The highest BCUT2D eigenvalue weighted by Gasteiger charge is 2.23. The number of rotatable bonds is 8. The third-order valence-corrected chi connectivity index (χ3v) is 6.53. The van der Waals surface area contributed by atoms with Crippen molar-refractivity contribution in [1.82, 2.24) is 4.31 Å². The second-order valence-electron chi connectivity index (χ2n) is 6.45. The fourth-order valence-corrected chi connectivity index (χ4v) is 4.42. The Morgan fingerprint density at radius 1 is 1.04 bits per heavy atom.